The number of hydrogen-bond donors (Lipinski definition) is 3. The Morgan fingerprint density at radius 2 is 1.80 bits per heavy atom. The third-order valence-corrected chi connectivity index (χ3v) is 9.50. The molecule has 2 saturated carbocycles. The van der Waals surface area contributed by atoms with Crippen LogP contribution < -0.4 is 11.1 Å². The summed E-state index contributed by atoms with van der Waals surface area (Å²) < 4.78 is 1.98. The fourth-order valence-corrected chi connectivity index (χ4v) is 6.92. The Morgan fingerprint density at radius 1 is 1.02 bits per heavy atom. The van der Waals surface area contributed by atoms with Crippen LogP contribution >= 0.6 is 0 Å². The second-order valence-electron chi connectivity index (χ2n) is 12.0. The highest BCUT2D eigenvalue weighted by Gasteiger charge is 2.66. The normalized spacial score (nSPS) is 24.6. The Labute approximate surface area is 236 Å². The Hall–Kier alpha value is -4.31. The van der Waals surface area contributed by atoms with E-state index in [4.69, 9.17) is 10.7 Å². The van der Waals surface area contributed by atoms with Crippen LogP contribution in [-0.4, -0.2) is 59.9 Å². The van der Waals surface area contributed by atoms with Crippen molar-refractivity contribution in [1.29, 1.82) is 0 Å². The topological polar surface area (TPSA) is 139 Å². The molecule has 208 valence electrons. The van der Waals surface area contributed by atoms with E-state index in [1.54, 1.807) is 24.5 Å². The number of amides is 2. The lowest BCUT2D eigenvalue weighted by atomic mass is 9.89. The molecule has 4 N–H and O–H groups in total. The van der Waals surface area contributed by atoms with Crippen LogP contribution in [0.1, 0.15) is 72.1 Å². The second kappa shape index (κ2) is 8.84. The number of fused-ring (bicyclic) bond motifs is 2. The lowest BCUT2D eigenvalue weighted by Crippen LogP contribution is -2.44. The first-order chi connectivity index (χ1) is 19.9. The molecule has 2 aliphatic carbocycles. The van der Waals surface area contributed by atoms with Crippen molar-refractivity contribution in [3.63, 3.8) is 0 Å². The summed E-state index contributed by atoms with van der Waals surface area (Å²) >= 11 is 0. The van der Waals surface area contributed by atoms with Crippen molar-refractivity contribution in [2.75, 3.05) is 17.6 Å². The second-order valence-corrected chi connectivity index (χ2v) is 12.0. The number of anilines is 2. The number of rotatable bonds is 5. The van der Waals surface area contributed by atoms with Crippen LogP contribution in [-0.2, 0) is 4.79 Å². The minimum absolute atomic E-state index is 0.00306. The molecule has 0 bridgehead atoms. The van der Waals surface area contributed by atoms with E-state index in [-0.39, 0.29) is 23.8 Å². The SMILES string of the molecule is Nc1nccn2c([C@@H]3CC[C@H]4C(O)C5(CC5)C(=O)N4C3)nc(-c3ccc(C(=O)Nc4cc(C5CC5)ccn4)cc3)c12. The molecule has 4 aliphatic rings. The number of nitrogens with two attached hydrogens (primary N) is 1. The van der Waals surface area contributed by atoms with Crippen LogP contribution in [0.5, 0.6) is 0 Å². The maximum atomic E-state index is 13.2. The minimum atomic E-state index is -0.572. The molecule has 3 aromatic heterocycles. The zero-order chi connectivity index (χ0) is 27.9. The molecule has 2 aliphatic heterocycles. The number of aliphatic hydroxyl groups excluding tert-OH is 1. The van der Waals surface area contributed by atoms with Gasteiger partial charge < -0.3 is 21.1 Å². The van der Waals surface area contributed by atoms with E-state index in [2.05, 4.69) is 15.3 Å². The van der Waals surface area contributed by atoms with Gasteiger partial charge in [0.15, 0.2) is 0 Å². The van der Waals surface area contributed by atoms with E-state index in [1.807, 2.05) is 39.8 Å². The van der Waals surface area contributed by atoms with Crippen molar-refractivity contribution in [2.24, 2.45) is 5.41 Å². The largest absolute Gasteiger partial charge is 0.390 e. The van der Waals surface area contributed by atoms with Crippen LogP contribution in [0.3, 0.4) is 0 Å². The number of hydrogen-bond acceptors (Lipinski definition) is 7. The fourth-order valence-electron chi connectivity index (χ4n) is 6.92. The Morgan fingerprint density at radius 3 is 2.56 bits per heavy atom. The van der Waals surface area contributed by atoms with Crippen molar-refractivity contribution in [3.8, 4) is 11.3 Å². The number of carbonyl (C=O) groups is 2. The summed E-state index contributed by atoms with van der Waals surface area (Å²) in [6, 6.07) is 11.1. The highest BCUT2D eigenvalue weighted by Crippen LogP contribution is 2.58. The summed E-state index contributed by atoms with van der Waals surface area (Å²) in [5, 5.41) is 13.8. The number of aromatic nitrogens is 4. The van der Waals surface area contributed by atoms with Crippen molar-refractivity contribution in [1.82, 2.24) is 24.3 Å². The van der Waals surface area contributed by atoms with Gasteiger partial charge in [0.1, 0.15) is 28.7 Å². The number of aliphatic hydroxyl groups is 1. The van der Waals surface area contributed by atoms with Crippen LogP contribution in [0.4, 0.5) is 11.6 Å². The standard InChI is InChI=1S/C31H31N7O3/c32-27-25-24(18-3-5-19(6-4-18)29(40)35-23-15-20(9-12-33-23)17-1-2-17)36-28(37(25)14-13-34-27)21-7-8-22-26(39)31(10-11-31)30(41)38(22)16-21/h3-6,9,12-15,17,21-22,26,39H,1-2,7-8,10-11,16H2,(H2,32,34)(H,33,35,40)/t21-,22+,26?/m1/s1. The molecule has 4 aromatic rings. The summed E-state index contributed by atoms with van der Waals surface area (Å²) in [4.78, 5) is 41.7. The summed E-state index contributed by atoms with van der Waals surface area (Å²) in [6.07, 6.45) is 10.2. The Kier molecular flexibility index (Phi) is 5.28. The first-order valence-electron chi connectivity index (χ1n) is 14.4. The number of nitrogens with zero attached hydrogens (tertiary/aromatic N) is 5. The Bertz CT molecular complexity index is 1710. The lowest BCUT2D eigenvalue weighted by molar-refractivity contribution is -0.134. The molecule has 3 atom stereocenters. The molecule has 0 radical (unpaired) electrons. The number of imidazole rings is 1. The molecular weight excluding hydrogens is 518 g/mol. The van der Waals surface area contributed by atoms with E-state index in [1.165, 1.54) is 18.4 Å². The van der Waals surface area contributed by atoms with Gasteiger partial charge in [-0.1, -0.05) is 12.1 Å². The summed E-state index contributed by atoms with van der Waals surface area (Å²) in [5.74, 6) is 2.19. The van der Waals surface area contributed by atoms with Crippen LogP contribution in [0.15, 0.2) is 55.0 Å². The quantitative estimate of drug-likeness (QED) is 0.345. The van der Waals surface area contributed by atoms with E-state index in [0.717, 1.165) is 37.1 Å². The molecule has 1 unspecified atom stereocenters. The predicted octanol–water partition coefficient (Wildman–Crippen LogP) is 3.73. The number of nitrogens with one attached hydrogen (secondary N) is 1. The first kappa shape index (κ1) is 24.5. The zero-order valence-electron chi connectivity index (χ0n) is 22.5. The molecule has 4 fully saturated rings. The molecule has 2 saturated heterocycles. The highest BCUT2D eigenvalue weighted by molar-refractivity contribution is 6.04. The predicted molar refractivity (Wildman–Crippen MR) is 152 cm³/mol. The Balaban J connectivity index is 1.07. The van der Waals surface area contributed by atoms with Gasteiger partial charge >= 0.3 is 0 Å². The van der Waals surface area contributed by atoms with Crippen LogP contribution in [0.2, 0.25) is 0 Å². The van der Waals surface area contributed by atoms with E-state index < -0.39 is 11.5 Å². The number of benzene rings is 1. The van der Waals surface area contributed by atoms with Crippen molar-refractivity contribution >= 4 is 29.0 Å². The van der Waals surface area contributed by atoms with Gasteiger partial charge in [-0.15, -0.1) is 0 Å². The average molecular weight is 550 g/mol. The van der Waals surface area contributed by atoms with Gasteiger partial charge in [0, 0.05) is 42.2 Å². The van der Waals surface area contributed by atoms with Gasteiger partial charge in [0.05, 0.1) is 17.6 Å². The molecule has 2 amide bonds. The van der Waals surface area contributed by atoms with Crippen LogP contribution in [0.25, 0.3) is 16.8 Å². The molecule has 41 heavy (non-hydrogen) atoms. The molecule has 5 heterocycles. The van der Waals surface area contributed by atoms with Gasteiger partial charge in [-0.2, -0.15) is 0 Å². The molecule has 1 aromatic carbocycles. The summed E-state index contributed by atoms with van der Waals surface area (Å²) in [7, 11) is 0. The molecular formula is C31H31N7O3. The molecule has 10 nitrogen and oxygen atoms in total. The third kappa shape index (κ3) is 3.84. The molecule has 1 spiro atoms. The van der Waals surface area contributed by atoms with Gasteiger partial charge in [-0.25, -0.2) is 15.0 Å². The highest BCUT2D eigenvalue weighted by atomic mass is 16.3. The fraction of sp³-hybridized carbons (Fsp3) is 0.387. The molecule has 10 heteroatoms. The van der Waals surface area contributed by atoms with Crippen molar-refractivity contribution in [3.05, 3.63) is 71.9 Å². The lowest BCUT2D eigenvalue weighted by Gasteiger charge is -2.35. The van der Waals surface area contributed by atoms with Gasteiger partial charge in [-0.05, 0) is 74.3 Å². The average Bonchev–Trinajstić information content (AvgIpc) is 3.93. The monoisotopic (exact) mass is 549 g/mol. The van der Waals surface area contributed by atoms with Crippen molar-refractivity contribution < 1.29 is 14.7 Å². The van der Waals surface area contributed by atoms with Gasteiger partial charge in [0.2, 0.25) is 5.91 Å². The van der Waals surface area contributed by atoms with E-state index in [0.29, 0.717) is 40.9 Å². The summed E-state index contributed by atoms with van der Waals surface area (Å²) in [5.41, 5.74) is 9.76. The third-order valence-electron chi connectivity index (χ3n) is 9.50. The smallest absolute Gasteiger partial charge is 0.256 e. The van der Waals surface area contributed by atoms with Crippen LogP contribution in [0, 0.1) is 5.41 Å². The number of carbonyl (C=O) groups excluding carboxylic acids is 2. The summed E-state index contributed by atoms with van der Waals surface area (Å²) in [6.45, 7) is 0.526. The first-order valence-corrected chi connectivity index (χ1v) is 14.4. The number of pyridine rings is 1. The van der Waals surface area contributed by atoms with E-state index in [9.17, 15) is 14.7 Å². The maximum absolute atomic E-state index is 13.2. The zero-order valence-corrected chi connectivity index (χ0v) is 22.5. The van der Waals surface area contributed by atoms with Gasteiger partial charge in [-0.3, -0.25) is 14.0 Å². The van der Waals surface area contributed by atoms with Gasteiger partial charge in [0.25, 0.3) is 5.91 Å². The molecule has 8 rings (SSSR count). The minimum Gasteiger partial charge on any atom is -0.390 e. The number of nitrogen functional groups attached to an aromatic ring is 1. The number of piperidine rings is 1. The van der Waals surface area contributed by atoms with E-state index >= 15 is 0 Å². The maximum Gasteiger partial charge on any atom is 0.256 e. The van der Waals surface area contributed by atoms with Crippen molar-refractivity contribution in [2.45, 2.75) is 62.5 Å².